The SMILES string of the molecule is CC(C)(C)OC(=O)N1CC(C(=O)O)Oc2ccc(Cl)cc21. The predicted octanol–water partition coefficient (Wildman–Crippen LogP) is 2.93. The van der Waals surface area contributed by atoms with Crippen molar-refractivity contribution in [3.63, 3.8) is 0 Å². The molecule has 1 unspecified atom stereocenters. The number of amides is 1. The van der Waals surface area contributed by atoms with Gasteiger partial charge < -0.3 is 14.6 Å². The normalized spacial score (nSPS) is 17.7. The van der Waals surface area contributed by atoms with E-state index in [0.29, 0.717) is 10.7 Å². The highest BCUT2D eigenvalue weighted by molar-refractivity contribution is 6.31. The molecule has 0 aliphatic carbocycles. The molecule has 1 N–H and O–H groups in total. The van der Waals surface area contributed by atoms with Gasteiger partial charge in [-0.05, 0) is 39.0 Å². The number of carbonyl (C=O) groups is 2. The summed E-state index contributed by atoms with van der Waals surface area (Å²) < 4.78 is 10.6. The maximum Gasteiger partial charge on any atom is 0.415 e. The Hall–Kier alpha value is -1.95. The van der Waals surface area contributed by atoms with E-state index in [-0.39, 0.29) is 12.3 Å². The average Bonchev–Trinajstić information content (AvgIpc) is 2.35. The number of ether oxygens (including phenoxy) is 2. The van der Waals surface area contributed by atoms with Gasteiger partial charge in [0.05, 0.1) is 12.2 Å². The van der Waals surface area contributed by atoms with E-state index in [1.807, 2.05) is 0 Å². The highest BCUT2D eigenvalue weighted by Gasteiger charge is 2.36. The van der Waals surface area contributed by atoms with Crippen molar-refractivity contribution in [2.24, 2.45) is 0 Å². The average molecular weight is 314 g/mol. The number of carboxylic acid groups (broad SMARTS) is 1. The molecule has 0 fully saturated rings. The summed E-state index contributed by atoms with van der Waals surface area (Å²) in [5, 5.41) is 9.54. The van der Waals surface area contributed by atoms with Crippen molar-refractivity contribution in [1.29, 1.82) is 0 Å². The lowest BCUT2D eigenvalue weighted by molar-refractivity contribution is -0.144. The van der Waals surface area contributed by atoms with Gasteiger partial charge in [-0.3, -0.25) is 4.90 Å². The zero-order valence-electron chi connectivity index (χ0n) is 11.9. The van der Waals surface area contributed by atoms with Crippen LogP contribution in [0.1, 0.15) is 20.8 Å². The summed E-state index contributed by atoms with van der Waals surface area (Å²) in [6.45, 7) is 5.06. The van der Waals surface area contributed by atoms with E-state index < -0.39 is 23.8 Å². The maximum absolute atomic E-state index is 12.3. The summed E-state index contributed by atoms with van der Waals surface area (Å²) in [4.78, 5) is 24.7. The molecule has 1 atom stereocenters. The minimum absolute atomic E-state index is 0.141. The Morgan fingerprint density at radius 3 is 2.67 bits per heavy atom. The van der Waals surface area contributed by atoms with Crippen molar-refractivity contribution >= 4 is 29.4 Å². The van der Waals surface area contributed by atoms with Gasteiger partial charge in [0.1, 0.15) is 11.4 Å². The van der Waals surface area contributed by atoms with E-state index >= 15 is 0 Å². The molecule has 1 aliphatic rings. The number of fused-ring (bicyclic) bond motifs is 1. The summed E-state index contributed by atoms with van der Waals surface area (Å²) in [5.41, 5.74) is -0.290. The van der Waals surface area contributed by atoms with Crippen molar-refractivity contribution in [3.8, 4) is 5.75 Å². The fourth-order valence-corrected chi connectivity index (χ4v) is 2.04. The van der Waals surface area contributed by atoms with Gasteiger partial charge in [0.15, 0.2) is 0 Å². The molecule has 0 aromatic heterocycles. The quantitative estimate of drug-likeness (QED) is 0.862. The number of anilines is 1. The van der Waals surface area contributed by atoms with Gasteiger partial charge in [-0.2, -0.15) is 0 Å². The van der Waals surface area contributed by atoms with Crippen LogP contribution in [0.3, 0.4) is 0 Å². The van der Waals surface area contributed by atoms with Gasteiger partial charge >= 0.3 is 12.1 Å². The third kappa shape index (κ3) is 3.58. The summed E-state index contributed by atoms with van der Waals surface area (Å²) in [6.07, 6.45) is -1.79. The van der Waals surface area contributed by atoms with Crippen LogP contribution >= 0.6 is 11.6 Å². The van der Waals surface area contributed by atoms with E-state index in [0.717, 1.165) is 0 Å². The first-order valence-corrected chi connectivity index (χ1v) is 6.75. The second kappa shape index (κ2) is 5.44. The van der Waals surface area contributed by atoms with Crippen molar-refractivity contribution in [2.75, 3.05) is 11.4 Å². The second-order valence-corrected chi connectivity index (χ2v) is 6.08. The van der Waals surface area contributed by atoms with Crippen LogP contribution in [0.25, 0.3) is 0 Å². The summed E-state index contributed by atoms with van der Waals surface area (Å²) in [5.74, 6) is -0.868. The van der Waals surface area contributed by atoms with Gasteiger partial charge in [0.25, 0.3) is 0 Å². The summed E-state index contributed by atoms with van der Waals surface area (Å²) in [6, 6.07) is 4.64. The van der Waals surface area contributed by atoms with Crippen LogP contribution in [0, 0.1) is 0 Å². The Kier molecular flexibility index (Phi) is 4.00. The maximum atomic E-state index is 12.3. The van der Waals surface area contributed by atoms with Crippen molar-refractivity contribution in [1.82, 2.24) is 0 Å². The van der Waals surface area contributed by atoms with Gasteiger partial charge in [-0.25, -0.2) is 9.59 Å². The number of halogens is 1. The van der Waals surface area contributed by atoms with Crippen LogP contribution in [0.4, 0.5) is 10.5 Å². The van der Waals surface area contributed by atoms with Gasteiger partial charge in [0.2, 0.25) is 6.10 Å². The van der Waals surface area contributed by atoms with Crippen LogP contribution in [-0.4, -0.2) is 35.4 Å². The fraction of sp³-hybridized carbons (Fsp3) is 0.429. The monoisotopic (exact) mass is 313 g/mol. The Bertz CT molecular complexity index is 581. The van der Waals surface area contributed by atoms with E-state index in [9.17, 15) is 9.59 Å². The molecule has 21 heavy (non-hydrogen) atoms. The smallest absolute Gasteiger partial charge is 0.415 e. The van der Waals surface area contributed by atoms with Gasteiger partial charge in [-0.1, -0.05) is 11.6 Å². The molecule has 1 aromatic carbocycles. The molecule has 2 rings (SSSR count). The molecule has 0 bridgehead atoms. The molecule has 0 spiro atoms. The van der Waals surface area contributed by atoms with E-state index in [1.54, 1.807) is 32.9 Å². The first-order chi connectivity index (χ1) is 9.67. The van der Waals surface area contributed by atoms with Crippen molar-refractivity contribution < 1.29 is 24.2 Å². The molecule has 114 valence electrons. The molecule has 0 radical (unpaired) electrons. The highest BCUT2D eigenvalue weighted by Crippen LogP contribution is 2.36. The number of rotatable bonds is 1. The minimum atomic E-state index is -1.15. The van der Waals surface area contributed by atoms with Crippen LogP contribution in [-0.2, 0) is 9.53 Å². The molecule has 1 heterocycles. The Morgan fingerprint density at radius 1 is 1.43 bits per heavy atom. The molecular weight excluding hydrogens is 298 g/mol. The molecule has 1 aromatic rings. The van der Waals surface area contributed by atoms with Gasteiger partial charge in [0, 0.05) is 5.02 Å². The van der Waals surface area contributed by atoms with E-state index in [2.05, 4.69) is 0 Å². The molecule has 7 heteroatoms. The van der Waals surface area contributed by atoms with Crippen LogP contribution in [0.2, 0.25) is 5.02 Å². The third-order valence-electron chi connectivity index (χ3n) is 2.72. The number of nitrogens with zero attached hydrogens (tertiary/aromatic N) is 1. The Labute approximate surface area is 127 Å². The summed E-state index contributed by atoms with van der Waals surface area (Å²) in [7, 11) is 0. The fourth-order valence-electron chi connectivity index (χ4n) is 1.87. The summed E-state index contributed by atoms with van der Waals surface area (Å²) >= 11 is 5.93. The number of carboxylic acids is 1. The highest BCUT2D eigenvalue weighted by atomic mass is 35.5. The number of hydrogen-bond donors (Lipinski definition) is 1. The lowest BCUT2D eigenvalue weighted by Gasteiger charge is -2.34. The largest absolute Gasteiger partial charge is 0.478 e. The van der Waals surface area contributed by atoms with Crippen LogP contribution in [0.15, 0.2) is 18.2 Å². The third-order valence-corrected chi connectivity index (χ3v) is 2.95. The van der Waals surface area contributed by atoms with Gasteiger partial charge in [-0.15, -0.1) is 0 Å². The number of carbonyl (C=O) groups excluding carboxylic acids is 1. The standard InChI is InChI=1S/C14H16ClNO5/c1-14(2,3)21-13(19)16-7-11(12(17)18)20-10-5-4-8(15)6-9(10)16/h4-6,11H,7H2,1-3H3,(H,17,18). The minimum Gasteiger partial charge on any atom is -0.478 e. The predicted molar refractivity (Wildman–Crippen MR) is 77.1 cm³/mol. The Morgan fingerprint density at radius 2 is 2.10 bits per heavy atom. The molecule has 6 nitrogen and oxygen atoms in total. The molecular formula is C14H16ClNO5. The van der Waals surface area contributed by atoms with Crippen molar-refractivity contribution in [3.05, 3.63) is 23.2 Å². The molecule has 0 saturated carbocycles. The zero-order chi connectivity index (χ0) is 15.8. The number of benzene rings is 1. The zero-order valence-corrected chi connectivity index (χ0v) is 12.7. The topological polar surface area (TPSA) is 76.1 Å². The number of hydrogen-bond acceptors (Lipinski definition) is 4. The lowest BCUT2D eigenvalue weighted by atomic mass is 10.2. The molecule has 0 saturated heterocycles. The number of aliphatic carboxylic acids is 1. The van der Waals surface area contributed by atoms with Crippen molar-refractivity contribution in [2.45, 2.75) is 32.5 Å². The first-order valence-electron chi connectivity index (χ1n) is 6.37. The second-order valence-electron chi connectivity index (χ2n) is 5.65. The first kappa shape index (κ1) is 15.4. The lowest BCUT2D eigenvalue weighted by Crippen LogP contribution is -2.48. The molecule has 1 aliphatic heterocycles. The van der Waals surface area contributed by atoms with Crippen LogP contribution < -0.4 is 9.64 Å². The Balaban J connectivity index is 2.37. The van der Waals surface area contributed by atoms with E-state index in [1.165, 1.54) is 11.0 Å². The van der Waals surface area contributed by atoms with Crippen LogP contribution in [0.5, 0.6) is 5.75 Å². The molecule has 1 amide bonds. The van der Waals surface area contributed by atoms with E-state index in [4.69, 9.17) is 26.2 Å².